The van der Waals surface area contributed by atoms with Crippen LogP contribution in [0.3, 0.4) is 0 Å². The normalized spacial score (nSPS) is 11.5. The van der Waals surface area contributed by atoms with Crippen molar-refractivity contribution in [2.75, 3.05) is 11.9 Å². The summed E-state index contributed by atoms with van der Waals surface area (Å²) in [6, 6.07) is 8.84. The number of nitrogens with zero attached hydrogens (tertiary/aromatic N) is 1. The Hall–Kier alpha value is -2.60. The highest BCUT2D eigenvalue weighted by Gasteiger charge is 2.19. The quantitative estimate of drug-likeness (QED) is 0.798. The van der Waals surface area contributed by atoms with Crippen LogP contribution in [0.25, 0.3) is 0 Å². The standard InChI is InChI=1S/C18H19ClN2O4/c1-11-5-4-6-12(2)17(11)24-10-16(22)25-13(3)18(23)21-15-8-7-14(19)9-20-15/h4-9,13H,10H2,1-3H3,(H,20,21,23)/t13-/m0/s1. The van der Waals surface area contributed by atoms with Crippen LogP contribution in [0.4, 0.5) is 5.82 Å². The number of amides is 1. The molecule has 1 N–H and O–H groups in total. The summed E-state index contributed by atoms with van der Waals surface area (Å²) in [5.74, 6) is -0.157. The Labute approximate surface area is 151 Å². The molecule has 7 heteroatoms. The molecule has 25 heavy (non-hydrogen) atoms. The number of para-hydroxylation sites is 1. The Morgan fingerprint density at radius 2 is 1.88 bits per heavy atom. The number of hydrogen-bond donors (Lipinski definition) is 1. The van der Waals surface area contributed by atoms with Crippen LogP contribution in [0, 0.1) is 13.8 Å². The highest BCUT2D eigenvalue weighted by atomic mass is 35.5. The number of aromatic nitrogens is 1. The van der Waals surface area contributed by atoms with Gasteiger partial charge in [0.05, 0.1) is 5.02 Å². The average molecular weight is 363 g/mol. The summed E-state index contributed by atoms with van der Waals surface area (Å²) < 4.78 is 10.6. The Balaban J connectivity index is 1.85. The van der Waals surface area contributed by atoms with Gasteiger partial charge in [-0.15, -0.1) is 0 Å². The summed E-state index contributed by atoms with van der Waals surface area (Å²) in [5, 5.41) is 3.00. The van der Waals surface area contributed by atoms with E-state index in [9.17, 15) is 9.59 Å². The zero-order chi connectivity index (χ0) is 18.4. The highest BCUT2D eigenvalue weighted by molar-refractivity contribution is 6.30. The molecule has 0 fully saturated rings. The Morgan fingerprint density at radius 1 is 1.20 bits per heavy atom. The van der Waals surface area contributed by atoms with E-state index in [1.807, 2.05) is 32.0 Å². The largest absolute Gasteiger partial charge is 0.481 e. The van der Waals surface area contributed by atoms with Crippen LogP contribution >= 0.6 is 11.6 Å². The number of ether oxygens (including phenoxy) is 2. The van der Waals surface area contributed by atoms with Crippen LogP contribution in [0.1, 0.15) is 18.1 Å². The molecule has 0 aliphatic heterocycles. The molecule has 132 valence electrons. The molecule has 0 unspecified atom stereocenters. The second kappa shape index (κ2) is 8.48. The van der Waals surface area contributed by atoms with Gasteiger partial charge in [0.15, 0.2) is 12.7 Å². The van der Waals surface area contributed by atoms with E-state index in [0.29, 0.717) is 16.6 Å². The summed E-state index contributed by atoms with van der Waals surface area (Å²) in [6.07, 6.45) is 0.429. The first kappa shape index (κ1) is 18.7. The summed E-state index contributed by atoms with van der Waals surface area (Å²) >= 11 is 5.73. The zero-order valence-electron chi connectivity index (χ0n) is 14.2. The van der Waals surface area contributed by atoms with E-state index >= 15 is 0 Å². The van der Waals surface area contributed by atoms with Gasteiger partial charge in [0.25, 0.3) is 5.91 Å². The van der Waals surface area contributed by atoms with Crippen LogP contribution in [0.5, 0.6) is 5.75 Å². The second-order valence-electron chi connectivity index (χ2n) is 5.49. The third-order valence-electron chi connectivity index (χ3n) is 3.40. The Bertz CT molecular complexity index is 742. The zero-order valence-corrected chi connectivity index (χ0v) is 15.0. The second-order valence-corrected chi connectivity index (χ2v) is 5.93. The maximum Gasteiger partial charge on any atom is 0.344 e. The van der Waals surface area contributed by atoms with Crippen molar-refractivity contribution in [3.8, 4) is 5.75 Å². The molecule has 0 bridgehead atoms. The van der Waals surface area contributed by atoms with E-state index in [1.165, 1.54) is 13.1 Å². The maximum absolute atomic E-state index is 12.0. The number of halogens is 1. The molecule has 2 rings (SSSR count). The van der Waals surface area contributed by atoms with Crippen LogP contribution in [0.15, 0.2) is 36.5 Å². The number of hydrogen-bond acceptors (Lipinski definition) is 5. The van der Waals surface area contributed by atoms with Crippen molar-refractivity contribution in [2.24, 2.45) is 0 Å². The fourth-order valence-electron chi connectivity index (χ4n) is 2.12. The molecule has 0 spiro atoms. The van der Waals surface area contributed by atoms with E-state index in [4.69, 9.17) is 21.1 Å². The Morgan fingerprint density at radius 3 is 2.48 bits per heavy atom. The van der Waals surface area contributed by atoms with Crippen molar-refractivity contribution >= 4 is 29.3 Å². The molecule has 2 aromatic rings. The third-order valence-corrected chi connectivity index (χ3v) is 3.62. The molecule has 0 saturated carbocycles. The lowest BCUT2D eigenvalue weighted by Crippen LogP contribution is -2.32. The smallest absolute Gasteiger partial charge is 0.344 e. The molecular formula is C18H19ClN2O4. The molecular weight excluding hydrogens is 344 g/mol. The summed E-state index contributed by atoms with van der Waals surface area (Å²) in [4.78, 5) is 27.8. The minimum Gasteiger partial charge on any atom is -0.481 e. The fourth-order valence-corrected chi connectivity index (χ4v) is 2.23. The van der Waals surface area contributed by atoms with Gasteiger partial charge in [0.1, 0.15) is 11.6 Å². The van der Waals surface area contributed by atoms with Crippen LogP contribution in [-0.4, -0.2) is 29.6 Å². The van der Waals surface area contributed by atoms with Gasteiger partial charge >= 0.3 is 5.97 Å². The number of aryl methyl sites for hydroxylation is 2. The average Bonchev–Trinajstić information content (AvgIpc) is 2.56. The first-order valence-electron chi connectivity index (χ1n) is 7.67. The predicted molar refractivity (Wildman–Crippen MR) is 94.8 cm³/mol. The topological polar surface area (TPSA) is 77.5 Å². The van der Waals surface area contributed by atoms with Crippen molar-refractivity contribution in [1.29, 1.82) is 0 Å². The molecule has 0 saturated heterocycles. The number of benzene rings is 1. The molecule has 1 atom stereocenters. The number of nitrogens with one attached hydrogen (secondary N) is 1. The molecule has 1 aromatic carbocycles. The predicted octanol–water partition coefficient (Wildman–Crippen LogP) is 3.30. The molecule has 0 radical (unpaired) electrons. The number of carbonyl (C=O) groups is 2. The number of pyridine rings is 1. The van der Waals surface area contributed by atoms with Crippen LogP contribution in [-0.2, 0) is 14.3 Å². The minimum atomic E-state index is -0.980. The van der Waals surface area contributed by atoms with E-state index in [2.05, 4.69) is 10.3 Å². The minimum absolute atomic E-state index is 0.275. The summed E-state index contributed by atoms with van der Waals surface area (Å²) in [6.45, 7) is 4.98. The van der Waals surface area contributed by atoms with Crippen LogP contribution in [0.2, 0.25) is 5.02 Å². The van der Waals surface area contributed by atoms with Crippen molar-refractivity contribution < 1.29 is 19.1 Å². The first-order valence-corrected chi connectivity index (χ1v) is 8.05. The SMILES string of the molecule is Cc1cccc(C)c1OCC(=O)O[C@@H](C)C(=O)Nc1ccc(Cl)cn1. The lowest BCUT2D eigenvalue weighted by Gasteiger charge is -2.15. The number of anilines is 1. The Kier molecular flexibility index (Phi) is 6.36. The van der Waals surface area contributed by atoms with E-state index in [0.717, 1.165) is 11.1 Å². The van der Waals surface area contributed by atoms with Crippen molar-refractivity contribution in [3.05, 3.63) is 52.7 Å². The molecule has 1 amide bonds. The number of carbonyl (C=O) groups excluding carboxylic acids is 2. The van der Waals surface area contributed by atoms with Gasteiger partial charge < -0.3 is 14.8 Å². The van der Waals surface area contributed by atoms with Gasteiger partial charge in [0, 0.05) is 6.20 Å². The van der Waals surface area contributed by atoms with Gasteiger partial charge in [-0.05, 0) is 44.0 Å². The molecule has 0 aliphatic rings. The summed E-state index contributed by atoms with van der Waals surface area (Å²) in [7, 11) is 0. The molecule has 1 heterocycles. The van der Waals surface area contributed by atoms with Gasteiger partial charge in [-0.25, -0.2) is 9.78 Å². The van der Waals surface area contributed by atoms with Gasteiger partial charge in [0.2, 0.25) is 0 Å². The lowest BCUT2D eigenvalue weighted by atomic mass is 10.1. The van der Waals surface area contributed by atoms with Crippen molar-refractivity contribution in [2.45, 2.75) is 26.9 Å². The van der Waals surface area contributed by atoms with Gasteiger partial charge in [-0.2, -0.15) is 0 Å². The number of rotatable bonds is 6. The molecule has 0 aliphatic carbocycles. The molecule has 6 nitrogen and oxygen atoms in total. The van der Waals surface area contributed by atoms with Crippen LogP contribution < -0.4 is 10.1 Å². The molecule has 1 aromatic heterocycles. The fraction of sp³-hybridized carbons (Fsp3) is 0.278. The van der Waals surface area contributed by atoms with E-state index < -0.39 is 18.0 Å². The van der Waals surface area contributed by atoms with Gasteiger partial charge in [-0.1, -0.05) is 29.8 Å². The highest BCUT2D eigenvalue weighted by Crippen LogP contribution is 2.22. The first-order chi connectivity index (χ1) is 11.9. The summed E-state index contributed by atoms with van der Waals surface area (Å²) in [5.41, 5.74) is 1.85. The number of esters is 1. The van der Waals surface area contributed by atoms with Gasteiger partial charge in [-0.3, -0.25) is 4.79 Å². The van der Waals surface area contributed by atoms with E-state index in [1.54, 1.807) is 12.1 Å². The maximum atomic E-state index is 12.0. The van der Waals surface area contributed by atoms with E-state index in [-0.39, 0.29) is 6.61 Å². The monoisotopic (exact) mass is 362 g/mol. The lowest BCUT2D eigenvalue weighted by molar-refractivity contribution is -0.155. The van der Waals surface area contributed by atoms with Crippen molar-refractivity contribution in [1.82, 2.24) is 4.98 Å². The van der Waals surface area contributed by atoms with Crippen molar-refractivity contribution in [3.63, 3.8) is 0 Å². The third kappa shape index (κ3) is 5.46.